The Labute approximate surface area is 141 Å². The fraction of sp³-hybridized carbons (Fsp3) is 0.625. The summed E-state index contributed by atoms with van der Waals surface area (Å²) in [5.41, 5.74) is 0.563. The predicted molar refractivity (Wildman–Crippen MR) is 91.5 cm³/mol. The van der Waals surface area contributed by atoms with Gasteiger partial charge in [-0.25, -0.2) is 13.4 Å². The van der Waals surface area contributed by atoms with E-state index < -0.39 is 9.84 Å². The highest BCUT2D eigenvalue weighted by Crippen LogP contribution is 2.31. The van der Waals surface area contributed by atoms with Gasteiger partial charge < -0.3 is 4.90 Å². The third-order valence-corrected chi connectivity index (χ3v) is 8.15. The van der Waals surface area contributed by atoms with Crippen LogP contribution in [0.5, 0.6) is 0 Å². The third kappa shape index (κ3) is 3.26. The zero-order valence-corrected chi connectivity index (χ0v) is 14.9. The molecule has 7 heteroatoms. The molecule has 5 nitrogen and oxygen atoms in total. The Hall–Kier alpha value is -1.08. The minimum Gasteiger partial charge on any atom is -0.336 e. The molecule has 23 heavy (non-hydrogen) atoms. The lowest BCUT2D eigenvalue weighted by atomic mass is 10.0. The fourth-order valence-corrected chi connectivity index (χ4v) is 6.22. The van der Waals surface area contributed by atoms with Crippen molar-refractivity contribution in [3.8, 4) is 0 Å². The van der Waals surface area contributed by atoms with Crippen LogP contribution in [-0.2, 0) is 9.84 Å². The number of pyridine rings is 1. The first-order chi connectivity index (χ1) is 11.0. The third-order valence-electron chi connectivity index (χ3n) is 4.81. The quantitative estimate of drug-likeness (QED) is 0.777. The Morgan fingerprint density at radius 3 is 2.57 bits per heavy atom. The van der Waals surface area contributed by atoms with Gasteiger partial charge in [0.1, 0.15) is 5.03 Å². The number of thioether (sulfide) groups is 1. The van der Waals surface area contributed by atoms with Crippen molar-refractivity contribution in [2.45, 2.75) is 47.6 Å². The standard InChI is InChI=1S/C16H22N2O3S2/c1-22-15-14(8-5-9-17-15)16(19)18-10-13(11-18)23(20,21)12-6-3-2-4-7-12/h5,8-9,12-13H,2-4,6-7,10-11H2,1H3. The molecule has 2 aliphatic rings. The van der Waals surface area contributed by atoms with E-state index in [0.29, 0.717) is 23.7 Å². The SMILES string of the molecule is CSc1ncccc1C(=O)N1CC(S(=O)(=O)C2CCCCC2)C1. The summed E-state index contributed by atoms with van der Waals surface area (Å²) in [4.78, 5) is 18.4. The number of hydrogen-bond donors (Lipinski definition) is 0. The average molecular weight is 354 g/mol. The van der Waals surface area contributed by atoms with Crippen LogP contribution in [0.4, 0.5) is 0 Å². The molecule has 1 saturated carbocycles. The molecule has 1 aromatic heterocycles. The van der Waals surface area contributed by atoms with E-state index in [-0.39, 0.29) is 16.4 Å². The van der Waals surface area contributed by atoms with Gasteiger partial charge in [-0.2, -0.15) is 0 Å². The Kier molecular flexibility index (Phi) is 4.96. The minimum absolute atomic E-state index is 0.113. The van der Waals surface area contributed by atoms with Gasteiger partial charge in [0.2, 0.25) is 0 Å². The molecule has 0 spiro atoms. The van der Waals surface area contributed by atoms with Gasteiger partial charge in [-0.15, -0.1) is 11.8 Å². The number of hydrogen-bond acceptors (Lipinski definition) is 5. The predicted octanol–water partition coefficient (Wildman–Crippen LogP) is 2.38. The van der Waals surface area contributed by atoms with Gasteiger partial charge in [0.15, 0.2) is 9.84 Å². The Morgan fingerprint density at radius 2 is 1.91 bits per heavy atom. The summed E-state index contributed by atoms with van der Waals surface area (Å²) in [6.07, 6.45) is 8.26. The summed E-state index contributed by atoms with van der Waals surface area (Å²) in [6.45, 7) is 0.640. The summed E-state index contributed by atoms with van der Waals surface area (Å²) in [6, 6.07) is 3.49. The van der Waals surface area contributed by atoms with Crippen molar-refractivity contribution in [1.82, 2.24) is 9.88 Å². The highest BCUT2D eigenvalue weighted by atomic mass is 32.2. The van der Waals surface area contributed by atoms with E-state index in [1.807, 2.05) is 6.26 Å². The van der Waals surface area contributed by atoms with Gasteiger partial charge in [-0.3, -0.25) is 4.79 Å². The normalized spacial score (nSPS) is 20.3. The molecule has 0 atom stereocenters. The van der Waals surface area contributed by atoms with Crippen molar-refractivity contribution in [3.05, 3.63) is 23.9 Å². The van der Waals surface area contributed by atoms with Crippen LogP contribution in [0.2, 0.25) is 0 Å². The molecule has 0 N–H and O–H groups in total. The molecule has 1 aliphatic heterocycles. The molecule has 2 heterocycles. The molecule has 3 rings (SSSR count). The molecule has 0 aromatic carbocycles. The van der Waals surface area contributed by atoms with Gasteiger partial charge in [0.25, 0.3) is 5.91 Å². The minimum atomic E-state index is -3.10. The van der Waals surface area contributed by atoms with Crippen LogP contribution in [0.25, 0.3) is 0 Å². The van der Waals surface area contributed by atoms with E-state index in [0.717, 1.165) is 32.1 Å². The van der Waals surface area contributed by atoms with Gasteiger partial charge in [-0.1, -0.05) is 19.3 Å². The molecule has 0 bridgehead atoms. The summed E-state index contributed by atoms with van der Waals surface area (Å²) in [5.74, 6) is -0.113. The van der Waals surface area contributed by atoms with Crippen molar-refractivity contribution in [3.63, 3.8) is 0 Å². The van der Waals surface area contributed by atoms with Crippen molar-refractivity contribution >= 4 is 27.5 Å². The molecule has 2 fully saturated rings. The molecular formula is C16H22N2O3S2. The second-order valence-corrected chi connectivity index (χ2v) is 9.55. The Balaban J connectivity index is 1.65. The van der Waals surface area contributed by atoms with Gasteiger partial charge >= 0.3 is 0 Å². The number of rotatable bonds is 4. The molecular weight excluding hydrogens is 332 g/mol. The summed E-state index contributed by atoms with van der Waals surface area (Å²) in [7, 11) is -3.10. The maximum atomic E-state index is 12.6. The number of nitrogens with zero attached hydrogens (tertiary/aromatic N) is 2. The molecule has 1 aliphatic carbocycles. The zero-order valence-electron chi connectivity index (χ0n) is 13.3. The number of carbonyl (C=O) groups is 1. The molecule has 1 saturated heterocycles. The van der Waals surface area contributed by atoms with Crippen LogP contribution >= 0.6 is 11.8 Å². The lowest BCUT2D eigenvalue weighted by Gasteiger charge is -2.41. The van der Waals surface area contributed by atoms with E-state index in [4.69, 9.17) is 0 Å². The van der Waals surface area contributed by atoms with Crippen LogP contribution in [0, 0.1) is 0 Å². The lowest BCUT2D eigenvalue weighted by Crippen LogP contribution is -2.58. The average Bonchev–Trinajstić information content (AvgIpc) is 2.54. The van der Waals surface area contributed by atoms with Crippen LogP contribution < -0.4 is 0 Å². The first kappa shape index (κ1) is 16.8. The lowest BCUT2D eigenvalue weighted by molar-refractivity contribution is 0.0653. The van der Waals surface area contributed by atoms with E-state index in [1.165, 1.54) is 11.8 Å². The number of likely N-dealkylation sites (tertiary alicyclic amines) is 1. The van der Waals surface area contributed by atoms with E-state index in [1.54, 1.807) is 23.2 Å². The van der Waals surface area contributed by atoms with Crippen molar-refractivity contribution in [2.24, 2.45) is 0 Å². The van der Waals surface area contributed by atoms with Crippen molar-refractivity contribution in [1.29, 1.82) is 0 Å². The number of amides is 1. The largest absolute Gasteiger partial charge is 0.336 e. The monoisotopic (exact) mass is 354 g/mol. The molecule has 1 amide bonds. The topological polar surface area (TPSA) is 67.3 Å². The van der Waals surface area contributed by atoms with Crippen molar-refractivity contribution in [2.75, 3.05) is 19.3 Å². The van der Waals surface area contributed by atoms with Crippen LogP contribution in [0.15, 0.2) is 23.4 Å². The van der Waals surface area contributed by atoms with Gasteiger partial charge in [0, 0.05) is 19.3 Å². The number of sulfone groups is 1. The number of carbonyl (C=O) groups excluding carboxylic acids is 1. The second-order valence-electron chi connectivity index (χ2n) is 6.24. The van der Waals surface area contributed by atoms with Gasteiger partial charge in [0.05, 0.1) is 16.1 Å². The zero-order chi connectivity index (χ0) is 16.4. The van der Waals surface area contributed by atoms with E-state index >= 15 is 0 Å². The number of aromatic nitrogens is 1. The summed E-state index contributed by atoms with van der Waals surface area (Å²) < 4.78 is 25.3. The van der Waals surface area contributed by atoms with Gasteiger partial charge in [-0.05, 0) is 31.2 Å². The molecule has 0 unspecified atom stereocenters. The summed E-state index contributed by atoms with van der Waals surface area (Å²) >= 11 is 1.43. The maximum Gasteiger partial charge on any atom is 0.256 e. The van der Waals surface area contributed by atoms with Crippen LogP contribution in [-0.4, -0.2) is 54.1 Å². The van der Waals surface area contributed by atoms with E-state index in [2.05, 4.69) is 4.98 Å². The molecule has 1 aromatic rings. The second kappa shape index (κ2) is 6.81. The highest BCUT2D eigenvalue weighted by Gasteiger charge is 2.44. The fourth-order valence-electron chi connectivity index (χ4n) is 3.36. The molecule has 0 radical (unpaired) electrons. The summed E-state index contributed by atoms with van der Waals surface area (Å²) in [5, 5.41) is 0.110. The Morgan fingerprint density at radius 1 is 1.22 bits per heavy atom. The first-order valence-electron chi connectivity index (χ1n) is 8.05. The van der Waals surface area contributed by atoms with Crippen LogP contribution in [0.1, 0.15) is 42.5 Å². The smallest absolute Gasteiger partial charge is 0.256 e. The Bertz CT molecular complexity index is 678. The maximum absolute atomic E-state index is 12.6. The van der Waals surface area contributed by atoms with E-state index in [9.17, 15) is 13.2 Å². The molecule has 126 valence electrons. The highest BCUT2D eigenvalue weighted by molar-refractivity contribution is 7.98. The van der Waals surface area contributed by atoms with Crippen LogP contribution in [0.3, 0.4) is 0 Å². The van der Waals surface area contributed by atoms with Crippen molar-refractivity contribution < 1.29 is 13.2 Å². The first-order valence-corrected chi connectivity index (χ1v) is 10.9.